The van der Waals surface area contributed by atoms with Gasteiger partial charge in [0.2, 0.25) is 10.0 Å². The molecule has 1 aromatic carbocycles. The summed E-state index contributed by atoms with van der Waals surface area (Å²) in [6.07, 6.45) is 0.627. The lowest BCUT2D eigenvalue weighted by Crippen LogP contribution is -2.52. The van der Waals surface area contributed by atoms with E-state index in [-0.39, 0.29) is 11.4 Å². The minimum atomic E-state index is -3.74. The number of rotatable bonds is 7. The Balaban J connectivity index is 3.16. The van der Waals surface area contributed by atoms with E-state index >= 15 is 0 Å². The smallest absolute Gasteiger partial charge is 0.337 e. The Morgan fingerprint density at radius 3 is 2.43 bits per heavy atom. The summed E-state index contributed by atoms with van der Waals surface area (Å²) in [7, 11) is -2.46. The van der Waals surface area contributed by atoms with Crippen LogP contribution in [-0.4, -0.2) is 33.6 Å². The molecule has 0 heterocycles. The lowest BCUT2D eigenvalue weighted by atomic mass is 9.92. The Morgan fingerprint density at radius 2 is 2.00 bits per heavy atom. The van der Waals surface area contributed by atoms with Crippen molar-refractivity contribution >= 4 is 16.0 Å². The molecule has 0 aromatic heterocycles. The molecule has 0 spiro atoms. The predicted molar refractivity (Wildman–Crippen MR) is 89.8 cm³/mol. The van der Waals surface area contributed by atoms with Crippen molar-refractivity contribution in [2.45, 2.75) is 44.6 Å². The largest absolute Gasteiger partial charge is 0.465 e. The van der Waals surface area contributed by atoms with E-state index in [1.54, 1.807) is 13.8 Å². The van der Waals surface area contributed by atoms with Gasteiger partial charge in [0, 0.05) is 12.1 Å². The van der Waals surface area contributed by atoms with Crippen LogP contribution in [0.15, 0.2) is 23.1 Å². The summed E-state index contributed by atoms with van der Waals surface area (Å²) in [6, 6.07) is 4.36. The fraction of sp³-hybridized carbons (Fsp3) is 0.562. The Bertz CT molecular complexity index is 671. The number of methoxy groups -OCH3 is 1. The zero-order valence-corrected chi connectivity index (χ0v) is 15.2. The normalized spacial score (nSPS) is 14.6. The summed E-state index contributed by atoms with van der Waals surface area (Å²) < 4.78 is 32.7. The van der Waals surface area contributed by atoms with Gasteiger partial charge < -0.3 is 10.5 Å². The summed E-state index contributed by atoms with van der Waals surface area (Å²) in [5.74, 6) is -0.203. The first-order valence-electron chi connectivity index (χ1n) is 7.47. The molecule has 23 heavy (non-hydrogen) atoms. The number of nitrogens with two attached hydrogens (primary N) is 1. The van der Waals surface area contributed by atoms with Crippen molar-refractivity contribution in [1.29, 1.82) is 0 Å². The molecule has 0 saturated carbocycles. The first kappa shape index (κ1) is 19.6. The molecule has 6 nitrogen and oxygen atoms in total. The SMILES string of the molecule is COC(=O)c1ccc(S(=O)(=O)NC(C)(CN)CC(C)C)c(C)c1. The number of benzene rings is 1. The third-order valence-corrected chi connectivity index (χ3v) is 5.37. The van der Waals surface area contributed by atoms with Gasteiger partial charge in [0.25, 0.3) is 0 Å². The van der Waals surface area contributed by atoms with Crippen LogP contribution in [0, 0.1) is 12.8 Å². The van der Waals surface area contributed by atoms with E-state index in [0.717, 1.165) is 0 Å². The third-order valence-electron chi connectivity index (χ3n) is 3.58. The van der Waals surface area contributed by atoms with Crippen LogP contribution in [0.5, 0.6) is 0 Å². The van der Waals surface area contributed by atoms with Crippen molar-refractivity contribution in [3.05, 3.63) is 29.3 Å². The van der Waals surface area contributed by atoms with E-state index < -0.39 is 21.5 Å². The molecule has 0 aliphatic carbocycles. The molecule has 0 bridgehead atoms. The molecular formula is C16H26N2O4S. The maximum Gasteiger partial charge on any atom is 0.337 e. The Labute approximate surface area is 138 Å². The minimum Gasteiger partial charge on any atom is -0.465 e. The van der Waals surface area contributed by atoms with E-state index in [4.69, 9.17) is 5.73 Å². The molecule has 1 atom stereocenters. The van der Waals surface area contributed by atoms with Gasteiger partial charge in [-0.1, -0.05) is 13.8 Å². The number of nitrogens with one attached hydrogen (secondary N) is 1. The predicted octanol–water partition coefficient (Wildman–Crippen LogP) is 1.82. The molecule has 0 aliphatic heterocycles. The first-order valence-corrected chi connectivity index (χ1v) is 8.96. The highest BCUT2D eigenvalue weighted by Crippen LogP contribution is 2.22. The van der Waals surface area contributed by atoms with Gasteiger partial charge in [0.05, 0.1) is 17.6 Å². The van der Waals surface area contributed by atoms with Crippen LogP contribution in [0.3, 0.4) is 0 Å². The minimum absolute atomic E-state index is 0.133. The molecule has 130 valence electrons. The van der Waals surface area contributed by atoms with Crippen LogP contribution in [-0.2, 0) is 14.8 Å². The maximum absolute atomic E-state index is 12.7. The molecule has 0 fully saturated rings. The fourth-order valence-electron chi connectivity index (χ4n) is 2.64. The summed E-state index contributed by atoms with van der Waals surface area (Å²) in [5, 5.41) is 0. The molecule has 0 radical (unpaired) electrons. The number of ether oxygens (including phenoxy) is 1. The summed E-state index contributed by atoms with van der Waals surface area (Å²) in [5.41, 5.74) is 5.84. The topological polar surface area (TPSA) is 98.5 Å². The number of sulfonamides is 1. The van der Waals surface area contributed by atoms with Crippen LogP contribution < -0.4 is 10.5 Å². The average Bonchev–Trinajstić information content (AvgIpc) is 2.44. The first-order chi connectivity index (χ1) is 10.5. The van der Waals surface area contributed by atoms with Crippen molar-refractivity contribution in [3.63, 3.8) is 0 Å². The van der Waals surface area contributed by atoms with Crippen molar-refractivity contribution < 1.29 is 17.9 Å². The van der Waals surface area contributed by atoms with Gasteiger partial charge >= 0.3 is 5.97 Å². The number of hydrogen-bond acceptors (Lipinski definition) is 5. The summed E-state index contributed by atoms with van der Waals surface area (Å²) in [4.78, 5) is 11.7. The van der Waals surface area contributed by atoms with Gasteiger partial charge in [-0.25, -0.2) is 17.9 Å². The lowest BCUT2D eigenvalue weighted by Gasteiger charge is -2.31. The van der Waals surface area contributed by atoms with Crippen LogP contribution in [0.25, 0.3) is 0 Å². The molecule has 7 heteroatoms. The van der Waals surface area contributed by atoms with Gasteiger partial charge in [-0.2, -0.15) is 0 Å². The molecule has 1 aromatic rings. The number of carbonyl (C=O) groups excluding carboxylic acids is 1. The quantitative estimate of drug-likeness (QED) is 0.737. The van der Waals surface area contributed by atoms with E-state index in [1.807, 2.05) is 13.8 Å². The van der Waals surface area contributed by atoms with Gasteiger partial charge in [-0.15, -0.1) is 0 Å². The third kappa shape index (κ3) is 5.02. The second-order valence-corrected chi connectivity index (χ2v) is 8.09. The Morgan fingerprint density at radius 1 is 1.39 bits per heavy atom. The van der Waals surface area contributed by atoms with Gasteiger partial charge in [-0.05, 0) is 49.9 Å². The van der Waals surface area contributed by atoms with Crippen LogP contribution in [0.4, 0.5) is 0 Å². The van der Waals surface area contributed by atoms with E-state index in [0.29, 0.717) is 23.5 Å². The Kier molecular flexibility index (Phi) is 6.33. The standard InChI is InChI=1S/C16H26N2O4S/c1-11(2)9-16(4,10-17)18-23(20,21)14-7-6-13(8-12(14)3)15(19)22-5/h6-8,11,18H,9-10,17H2,1-5H3. The summed E-state index contributed by atoms with van der Waals surface area (Å²) in [6.45, 7) is 7.66. The van der Waals surface area contributed by atoms with Crippen LogP contribution in [0.1, 0.15) is 43.1 Å². The van der Waals surface area contributed by atoms with Crippen molar-refractivity contribution in [2.75, 3.05) is 13.7 Å². The van der Waals surface area contributed by atoms with E-state index in [2.05, 4.69) is 9.46 Å². The molecule has 0 saturated heterocycles. The van der Waals surface area contributed by atoms with Crippen LogP contribution in [0.2, 0.25) is 0 Å². The Hall–Kier alpha value is -1.44. The van der Waals surface area contributed by atoms with Gasteiger partial charge in [-0.3, -0.25) is 0 Å². The van der Waals surface area contributed by atoms with E-state index in [9.17, 15) is 13.2 Å². The number of carbonyl (C=O) groups is 1. The van der Waals surface area contributed by atoms with Gasteiger partial charge in [0.1, 0.15) is 0 Å². The molecule has 3 N–H and O–H groups in total. The second kappa shape index (κ2) is 7.42. The number of esters is 1. The number of hydrogen-bond donors (Lipinski definition) is 2. The highest BCUT2D eigenvalue weighted by molar-refractivity contribution is 7.89. The second-order valence-electron chi connectivity index (χ2n) is 6.44. The monoisotopic (exact) mass is 342 g/mol. The maximum atomic E-state index is 12.7. The zero-order valence-electron chi connectivity index (χ0n) is 14.3. The number of aryl methyl sites for hydroxylation is 1. The summed E-state index contributed by atoms with van der Waals surface area (Å²) >= 11 is 0. The van der Waals surface area contributed by atoms with Crippen molar-refractivity contribution in [3.8, 4) is 0 Å². The molecular weight excluding hydrogens is 316 g/mol. The van der Waals surface area contributed by atoms with E-state index in [1.165, 1.54) is 25.3 Å². The molecule has 0 amide bonds. The zero-order chi connectivity index (χ0) is 17.8. The molecule has 1 rings (SSSR count). The average molecular weight is 342 g/mol. The fourth-order valence-corrected chi connectivity index (χ4v) is 4.30. The highest BCUT2D eigenvalue weighted by Gasteiger charge is 2.31. The highest BCUT2D eigenvalue weighted by atomic mass is 32.2. The van der Waals surface area contributed by atoms with Gasteiger partial charge in [0.15, 0.2) is 0 Å². The molecule has 0 aliphatic rings. The lowest BCUT2D eigenvalue weighted by molar-refractivity contribution is 0.0600. The van der Waals surface area contributed by atoms with Crippen LogP contribution >= 0.6 is 0 Å². The van der Waals surface area contributed by atoms with Crippen molar-refractivity contribution in [2.24, 2.45) is 11.7 Å². The van der Waals surface area contributed by atoms with Crippen molar-refractivity contribution in [1.82, 2.24) is 4.72 Å². The molecule has 1 unspecified atom stereocenters.